The van der Waals surface area contributed by atoms with Crippen LogP contribution < -0.4 is 10.6 Å². The van der Waals surface area contributed by atoms with Crippen LogP contribution in [-0.4, -0.2) is 24.4 Å². The van der Waals surface area contributed by atoms with E-state index in [0.717, 1.165) is 10.0 Å². The maximum Gasteiger partial charge on any atom is 0.338 e. The van der Waals surface area contributed by atoms with Gasteiger partial charge in [0.25, 0.3) is 5.91 Å². The van der Waals surface area contributed by atoms with Crippen molar-refractivity contribution in [3.63, 3.8) is 0 Å². The summed E-state index contributed by atoms with van der Waals surface area (Å²) in [5.74, 6) is -1.24. The second-order valence-electron chi connectivity index (χ2n) is 5.35. The number of carbonyl (C=O) groups excluding carboxylic acids is 3. The Morgan fingerprint density at radius 1 is 1.00 bits per heavy atom. The lowest BCUT2D eigenvalue weighted by atomic mass is 10.2. The Bertz CT molecular complexity index is 803. The van der Waals surface area contributed by atoms with Gasteiger partial charge in [0, 0.05) is 22.8 Å². The molecule has 0 bridgehead atoms. The van der Waals surface area contributed by atoms with Crippen LogP contribution in [0.5, 0.6) is 0 Å². The normalized spacial score (nSPS) is 10.0. The maximum absolute atomic E-state index is 11.9. The van der Waals surface area contributed by atoms with Crippen molar-refractivity contribution in [1.29, 1.82) is 0 Å². The van der Waals surface area contributed by atoms with Gasteiger partial charge in [-0.3, -0.25) is 9.59 Å². The van der Waals surface area contributed by atoms with Gasteiger partial charge in [-0.15, -0.1) is 0 Å². The summed E-state index contributed by atoms with van der Waals surface area (Å²) in [5.41, 5.74) is 2.48. The molecule has 2 amide bonds. The predicted molar refractivity (Wildman–Crippen MR) is 98.5 cm³/mol. The number of rotatable bonds is 5. The van der Waals surface area contributed by atoms with Crippen LogP contribution in [0.2, 0.25) is 0 Å². The summed E-state index contributed by atoms with van der Waals surface area (Å²) in [5, 5.41) is 5.26. The first-order valence-corrected chi connectivity index (χ1v) is 8.25. The smallest absolute Gasteiger partial charge is 0.338 e. The molecule has 0 fully saturated rings. The number of halogens is 1. The molecular weight excluding hydrogens is 388 g/mol. The predicted octanol–water partition coefficient (Wildman–Crippen LogP) is 3.51. The van der Waals surface area contributed by atoms with Crippen molar-refractivity contribution in [3.8, 4) is 0 Å². The van der Waals surface area contributed by atoms with Crippen LogP contribution >= 0.6 is 15.9 Å². The highest BCUT2D eigenvalue weighted by molar-refractivity contribution is 9.10. The summed E-state index contributed by atoms with van der Waals surface area (Å²) >= 11 is 3.38. The molecule has 2 rings (SSSR count). The van der Waals surface area contributed by atoms with Crippen molar-refractivity contribution in [3.05, 3.63) is 58.1 Å². The van der Waals surface area contributed by atoms with Gasteiger partial charge < -0.3 is 15.4 Å². The van der Waals surface area contributed by atoms with Crippen LogP contribution in [0.4, 0.5) is 11.4 Å². The fourth-order valence-electron chi connectivity index (χ4n) is 2.03. The Hall–Kier alpha value is -2.67. The fraction of sp³-hybridized carbons (Fsp3) is 0.167. The third-order valence-electron chi connectivity index (χ3n) is 3.22. The van der Waals surface area contributed by atoms with Gasteiger partial charge >= 0.3 is 5.97 Å². The first-order chi connectivity index (χ1) is 11.8. The average Bonchev–Trinajstić information content (AvgIpc) is 2.56. The minimum atomic E-state index is -0.614. The number of anilines is 2. The molecule has 0 unspecified atom stereocenters. The number of aryl methyl sites for hydroxylation is 1. The average molecular weight is 405 g/mol. The molecular formula is C18H17BrN2O4. The van der Waals surface area contributed by atoms with Crippen LogP contribution in [0.3, 0.4) is 0 Å². The zero-order valence-corrected chi connectivity index (χ0v) is 15.3. The van der Waals surface area contributed by atoms with E-state index >= 15 is 0 Å². The molecule has 0 aliphatic rings. The van der Waals surface area contributed by atoms with Crippen molar-refractivity contribution < 1.29 is 19.1 Å². The van der Waals surface area contributed by atoms with E-state index in [2.05, 4.69) is 26.6 Å². The van der Waals surface area contributed by atoms with Crippen molar-refractivity contribution >= 4 is 45.1 Å². The quantitative estimate of drug-likeness (QED) is 0.746. The van der Waals surface area contributed by atoms with Crippen LogP contribution in [0, 0.1) is 6.92 Å². The summed E-state index contributed by atoms with van der Waals surface area (Å²) < 4.78 is 5.93. The number of ether oxygens (including phenoxy) is 1. The molecule has 7 heteroatoms. The lowest BCUT2D eigenvalue weighted by Gasteiger charge is -2.08. The second-order valence-corrected chi connectivity index (χ2v) is 6.20. The summed E-state index contributed by atoms with van der Waals surface area (Å²) in [6, 6.07) is 11.6. The number of nitrogens with one attached hydrogen (secondary N) is 2. The second kappa shape index (κ2) is 8.43. The Morgan fingerprint density at radius 2 is 1.64 bits per heavy atom. The van der Waals surface area contributed by atoms with E-state index in [-0.39, 0.29) is 12.5 Å². The Morgan fingerprint density at radius 3 is 2.24 bits per heavy atom. The highest BCUT2D eigenvalue weighted by Crippen LogP contribution is 2.20. The van der Waals surface area contributed by atoms with Crippen molar-refractivity contribution in [2.75, 3.05) is 17.2 Å². The van der Waals surface area contributed by atoms with Gasteiger partial charge in [0.1, 0.15) is 0 Å². The van der Waals surface area contributed by atoms with Gasteiger partial charge in [-0.05, 0) is 55.0 Å². The Labute approximate surface area is 153 Å². The lowest BCUT2D eigenvalue weighted by Crippen LogP contribution is -2.21. The fourth-order valence-corrected chi connectivity index (χ4v) is 2.27. The molecule has 25 heavy (non-hydrogen) atoms. The van der Waals surface area contributed by atoms with Crippen LogP contribution in [0.15, 0.2) is 46.9 Å². The van der Waals surface area contributed by atoms with Gasteiger partial charge in [-0.1, -0.05) is 15.9 Å². The number of esters is 1. The number of carbonyl (C=O) groups is 3. The van der Waals surface area contributed by atoms with E-state index < -0.39 is 11.9 Å². The Balaban J connectivity index is 1.87. The standard InChI is InChI=1S/C18H17BrN2O4/c1-11-9-15(7-8-16(11)19)21-17(23)10-25-18(24)13-3-5-14(6-4-13)20-12(2)22/h3-9H,10H2,1-2H3,(H,20,22)(H,21,23). The molecule has 0 spiro atoms. The number of amides is 2. The number of hydrogen-bond acceptors (Lipinski definition) is 4. The van der Waals surface area contributed by atoms with Gasteiger partial charge in [0.15, 0.2) is 6.61 Å². The van der Waals surface area contributed by atoms with Gasteiger partial charge in [-0.25, -0.2) is 4.79 Å². The Kier molecular flexibility index (Phi) is 6.30. The van der Waals surface area contributed by atoms with E-state index in [4.69, 9.17) is 4.74 Å². The zero-order valence-electron chi connectivity index (χ0n) is 13.8. The van der Waals surface area contributed by atoms with Crippen molar-refractivity contribution in [2.24, 2.45) is 0 Å². The van der Waals surface area contributed by atoms with Crippen molar-refractivity contribution in [1.82, 2.24) is 0 Å². The largest absolute Gasteiger partial charge is 0.452 e. The molecule has 6 nitrogen and oxygen atoms in total. The van der Waals surface area contributed by atoms with Crippen LogP contribution in [0.25, 0.3) is 0 Å². The van der Waals surface area contributed by atoms with E-state index in [9.17, 15) is 14.4 Å². The summed E-state index contributed by atoms with van der Waals surface area (Å²) in [4.78, 5) is 34.8. The highest BCUT2D eigenvalue weighted by atomic mass is 79.9. The summed E-state index contributed by atoms with van der Waals surface area (Å²) in [7, 11) is 0. The molecule has 2 N–H and O–H groups in total. The number of benzene rings is 2. The molecule has 0 aliphatic heterocycles. The van der Waals surface area contributed by atoms with Gasteiger partial charge in [0.05, 0.1) is 5.56 Å². The van der Waals surface area contributed by atoms with Gasteiger partial charge in [0.2, 0.25) is 5.91 Å². The minimum absolute atomic E-state index is 0.199. The van der Waals surface area contributed by atoms with E-state index in [1.54, 1.807) is 18.2 Å². The third kappa shape index (κ3) is 5.72. The van der Waals surface area contributed by atoms with E-state index in [0.29, 0.717) is 16.9 Å². The maximum atomic E-state index is 11.9. The molecule has 0 aromatic heterocycles. The molecule has 0 atom stereocenters. The molecule has 130 valence electrons. The molecule has 0 heterocycles. The topological polar surface area (TPSA) is 84.5 Å². The SMILES string of the molecule is CC(=O)Nc1ccc(C(=O)OCC(=O)Nc2ccc(Br)c(C)c2)cc1. The monoisotopic (exact) mass is 404 g/mol. The summed E-state index contributed by atoms with van der Waals surface area (Å²) in [6.45, 7) is 2.92. The molecule has 2 aromatic rings. The molecule has 0 saturated heterocycles. The lowest BCUT2D eigenvalue weighted by molar-refractivity contribution is -0.119. The number of hydrogen-bond donors (Lipinski definition) is 2. The molecule has 0 saturated carbocycles. The van der Waals surface area contributed by atoms with Gasteiger partial charge in [-0.2, -0.15) is 0 Å². The first kappa shape index (κ1) is 18.7. The first-order valence-electron chi connectivity index (χ1n) is 7.46. The highest BCUT2D eigenvalue weighted by Gasteiger charge is 2.11. The van der Waals surface area contributed by atoms with E-state index in [1.807, 2.05) is 19.1 Å². The summed E-state index contributed by atoms with van der Waals surface area (Å²) in [6.07, 6.45) is 0. The minimum Gasteiger partial charge on any atom is -0.452 e. The van der Waals surface area contributed by atoms with Crippen LogP contribution in [-0.2, 0) is 14.3 Å². The third-order valence-corrected chi connectivity index (χ3v) is 4.11. The molecule has 0 aliphatic carbocycles. The zero-order chi connectivity index (χ0) is 18.4. The molecule has 0 radical (unpaired) electrons. The van der Waals surface area contributed by atoms with Crippen molar-refractivity contribution in [2.45, 2.75) is 13.8 Å². The van der Waals surface area contributed by atoms with Crippen LogP contribution in [0.1, 0.15) is 22.8 Å². The molecule has 2 aromatic carbocycles. The van der Waals surface area contributed by atoms with E-state index in [1.165, 1.54) is 19.1 Å².